The van der Waals surface area contributed by atoms with Crippen molar-refractivity contribution in [3.05, 3.63) is 16.3 Å². The van der Waals surface area contributed by atoms with Crippen LogP contribution in [0.25, 0.3) is 10.2 Å². The fraction of sp³-hybridized carbons (Fsp3) is 0.500. The average molecular weight is 325 g/mol. The molecule has 0 saturated heterocycles. The number of rotatable bonds is 6. The van der Waals surface area contributed by atoms with Gasteiger partial charge in [0.2, 0.25) is 0 Å². The highest BCUT2D eigenvalue weighted by Crippen LogP contribution is 2.34. The van der Waals surface area contributed by atoms with Gasteiger partial charge in [0, 0.05) is 6.54 Å². The summed E-state index contributed by atoms with van der Waals surface area (Å²) in [6.07, 6.45) is 3.16. The molecule has 2 aromatic rings. The van der Waals surface area contributed by atoms with E-state index in [0.29, 0.717) is 10.7 Å². The number of thiophene rings is 1. The number of hydrogen-bond donors (Lipinski definition) is 1. The number of nitrogens with one attached hydrogen (secondary N) is 1. The highest BCUT2D eigenvalue weighted by Gasteiger charge is 2.20. The molecule has 5 nitrogen and oxygen atoms in total. The van der Waals surface area contributed by atoms with Gasteiger partial charge in [-0.2, -0.15) is 11.8 Å². The third kappa shape index (κ3) is 3.47. The zero-order valence-corrected chi connectivity index (χ0v) is 14.3. The van der Waals surface area contributed by atoms with E-state index in [-0.39, 0.29) is 5.97 Å². The molecule has 0 aliphatic rings. The van der Waals surface area contributed by atoms with Crippen molar-refractivity contribution in [3.63, 3.8) is 0 Å². The van der Waals surface area contributed by atoms with Crippen LogP contribution in [0.1, 0.15) is 27.5 Å². The van der Waals surface area contributed by atoms with Crippen LogP contribution < -0.4 is 5.32 Å². The Morgan fingerprint density at radius 2 is 2.14 bits per heavy atom. The fourth-order valence-electron chi connectivity index (χ4n) is 2.08. The standard InChI is InChI=1S/C14H19N3O2S2/c1-8-10-12(15-6-5-7-20-4)16-9(2)17-13(10)21-11(8)14(18)19-3/h5-7H2,1-4H3,(H,15,16,17). The van der Waals surface area contributed by atoms with Gasteiger partial charge < -0.3 is 10.1 Å². The second-order valence-corrected chi connectivity index (χ2v) is 6.61. The lowest BCUT2D eigenvalue weighted by Crippen LogP contribution is -2.06. The molecular weight excluding hydrogens is 306 g/mol. The number of fused-ring (bicyclic) bond motifs is 1. The van der Waals surface area contributed by atoms with Crippen molar-refractivity contribution in [1.82, 2.24) is 9.97 Å². The molecule has 1 N–H and O–H groups in total. The first-order chi connectivity index (χ1) is 10.1. The molecule has 0 bridgehead atoms. The largest absolute Gasteiger partial charge is 0.465 e. The molecule has 0 amide bonds. The van der Waals surface area contributed by atoms with E-state index < -0.39 is 0 Å². The summed E-state index contributed by atoms with van der Waals surface area (Å²) in [5.41, 5.74) is 0.884. The Balaban J connectivity index is 2.39. The molecule has 0 spiro atoms. The van der Waals surface area contributed by atoms with E-state index >= 15 is 0 Å². The summed E-state index contributed by atoms with van der Waals surface area (Å²) in [5, 5.41) is 4.29. The van der Waals surface area contributed by atoms with E-state index in [0.717, 1.165) is 40.3 Å². The lowest BCUT2D eigenvalue weighted by Gasteiger charge is -2.08. The van der Waals surface area contributed by atoms with Crippen LogP contribution in [-0.4, -0.2) is 41.6 Å². The van der Waals surface area contributed by atoms with Crippen LogP contribution in [0, 0.1) is 13.8 Å². The third-order valence-corrected chi connectivity index (χ3v) is 4.95. The Labute approximate surface area is 132 Å². The second-order valence-electron chi connectivity index (χ2n) is 4.62. The van der Waals surface area contributed by atoms with E-state index in [1.165, 1.54) is 18.4 Å². The third-order valence-electron chi connectivity index (χ3n) is 3.09. The van der Waals surface area contributed by atoms with E-state index in [1.54, 1.807) is 0 Å². The van der Waals surface area contributed by atoms with Gasteiger partial charge >= 0.3 is 5.97 Å². The normalized spacial score (nSPS) is 10.9. The fourth-order valence-corrected chi connectivity index (χ4v) is 3.66. The molecule has 114 valence electrons. The van der Waals surface area contributed by atoms with Gasteiger partial charge in [-0.1, -0.05) is 0 Å². The van der Waals surface area contributed by atoms with E-state index in [1.807, 2.05) is 25.6 Å². The Hall–Kier alpha value is -1.34. The number of aryl methyl sites for hydroxylation is 2. The number of esters is 1. The molecule has 2 heterocycles. The second kappa shape index (κ2) is 7.09. The molecule has 2 rings (SSSR count). The van der Waals surface area contributed by atoms with Gasteiger partial charge in [-0.15, -0.1) is 11.3 Å². The van der Waals surface area contributed by atoms with E-state index in [9.17, 15) is 4.79 Å². The molecular formula is C14H19N3O2S2. The van der Waals surface area contributed by atoms with E-state index in [2.05, 4.69) is 21.5 Å². The van der Waals surface area contributed by atoms with Crippen LogP contribution in [-0.2, 0) is 4.74 Å². The molecule has 0 unspecified atom stereocenters. The summed E-state index contributed by atoms with van der Waals surface area (Å²) in [7, 11) is 1.39. The predicted molar refractivity (Wildman–Crippen MR) is 89.7 cm³/mol. The molecule has 7 heteroatoms. The Kier molecular flexibility index (Phi) is 5.41. The lowest BCUT2D eigenvalue weighted by atomic mass is 10.2. The highest BCUT2D eigenvalue weighted by molar-refractivity contribution is 7.98. The SMILES string of the molecule is COC(=O)c1sc2nc(C)nc(NCCCSC)c2c1C. The van der Waals surface area contributed by atoms with Crippen molar-refractivity contribution in [1.29, 1.82) is 0 Å². The average Bonchev–Trinajstić information content (AvgIpc) is 2.79. The van der Waals surface area contributed by atoms with Crippen LogP contribution in [0.3, 0.4) is 0 Å². The summed E-state index contributed by atoms with van der Waals surface area (Å²) >= 11 is 3.18. The van der Waals surface area contributed by atoms with Crippen LogP contribution in [0.5, 0.6) is 0 Å². The first-order valence-electron chi connectivity index (χ1n) is 6.67. The number of hydrogen-bond acceptors (Lipinski definition) is 7. The maximum absolute atomic E-state index is 11.8. The first-order valence-corrected chi connectivity index (χ1v) is 8.88. The van der Waals surface area contributed by atoms with Gasteiger partial charge in [0.15, 0.2) is 0 Å². The number of thioether (sulfide) groups is 1. The first kappa shape index (κ1) is 16.0. The number of ether oxygens (including phenoxy) is 1. The number of nitrogens with zero attached hydrogens (tertiary/aromatic N) is 2. The van der Waals surface area contributed by atoms with Crippen LogP contribution in [0.15, 0.2) is 0 Å². The number of methoxy groups -OCH3 is 1. The number of carbonyl (C=O) groups excluding carboxylic acids is 1. The smallest absolute Gasteiger partial charge is 0.348 e. The van der Waals surface area contributed by atoms with Gasteiger partial charge in [0.05, 0.1) is 12.5 Å². The maximum Gasteiger partial charge on any atom is 0.348 e. The Bertz CT molecular complexity index is 655. The van der Waals surface area contributed by atoms with Crippen molar-refractivity contribution in [2.45, 2.75) is 20.3 Å². The van der Waals surface area contributed by atoms with E-state index in [4.69, 9.17) is 4.74 Å². The van der Waals surface area contributed by atoms with Gasteiger partial charge in [-0.25, -0.2) is 14.8 Å². The quantitative estimate of drug-likeness (QED) is 0.649. The monoisotopic (exact) mass is 325 g/mol. The molecule has 0 aliphatic carbocycles. The summed E-state index contributed by atoms with van der Waals surface area (Å²) in [6.45, 7) is 4.63. The molecule has 0 saturated carbocycles. The highest BCUT2D eigenvalue weighted by atomic mass is 32.2. The van der Waals surface area contributed by atoms with Gasteiger partial charge in [-0.05, 0) is 37.8 Å². The summed E-state index contributed by atoms with van der Waals surface area (Å²) < 4.78 is 4.83. The Morgan fingerprint density at radius 3 is 2.81 bits per heavy atom. The number of aromatic nitrogens is 2. The van der Waals surface area contributed by atoms with Crippen molar-refractivity contribution in [2.24, 2.45) is 0 Å². The molecule has 0 fully saturated rings. The van der Waals surface area contributed by atoms with Gasteiger partial charge in [0.1, 0.15) is 21.3 Å². The van der Waals surface area contributed by atoms with Crippen molar-refractivity contribution in [3.8, 4) is 0 Å². The predicted octanol–water partition coefficient (Wildman–Crippen LogP) is 3.26. The van der Waals surface area contributed by atoms with Crippen molar-refractivity contribution >= 4 is 45.1 Å². The molecule has 0 atom stereocenters. The van der Waals surface area contributed by atoms with Gasteiger partial charge in [0.25, 0.3) is 0 Å². The topological polar surface area (TPSA) is 64.1 Å². The zero-order valence-electron chi connectivity index (χ0n) is 12.6. The summed E-state index contributed by atoms with van der Waals surface area (Å²) in [6, 6.07) is 0. The maximum atomic E-state index is 11.8. The molecule has 0 aromatic carbocycles. The van der Waals surface area contributed by atoms with Crippen LogP contribution >= 0.6 is 23.1 Å². The summed E-state index contributed by atoms with van der Waals surface area (Å²) in [5.74, 6) is 2.30. The van der Waals surface area contributed by atoms with Crippen LogP contribution in [0.2, 0.25) is 0 Å². The van der Waals surface area contributed by atoms with Crippen molar-refractivity contribution < 1.29 is 9.53 Å². The minimum absolute atomic E-state index is 0.318. The minimum atomic E-state index is -0.318. The van der Waals surface area contributed by atoms with Crippen molar-refractivity contribution in [2.75, 3.05) is 31.0 Å². The number of anilines is 1. The molecule has 2 aromatic heterocycles. The van der Waals surface area contributed by atoms with Gasteiger partial charge in [-0.3, -0.25) is 0 Å². The number of carbonyl (C=O) groups is 1. The molecule has 0 aliphatic heterocycles. The summed E-state index contributed by atoms with van der Waals surface area (Å²) in [4.78, 5) is 22.2. The zero-order chi connectivity index (χ0) is 15.4. The molecule has 0 radical (unpaired) electrons. The molecule has 21 heavy (non-hydrogen) atoms. The van der Waals surface area contributed by atoms with Crippen LogP contribution in [0.4, 0.5) is 5.82 Å². The lowest BCUT2D eigenvalue weighted by molar-refractivity contribution is 0.0605. The Morgan fingerprint density at radius 1 is 1.38 bits per heavy atom. The minimum Gasteiger partial charge on any atom is -0.465 e.